The van der Waals surface area contributed by atoms with Crippen molar-refractivity contribution in [3.8, 4) is 0 Å². The lowest BCUT2D eigenvalue weighted by Crippen LogP contribution is -2.30. The highest BCUT2D eigenvalue weighted by atomic mass is 79.9. The van der Waals surface area contributed by atoms with Gasteiger partial charge < -0.3 is 10.4 Å². The van der Waals surface area contributed by atoms with Gasteiger partial charge in [-0.05, 0) is 55.0 Å². The number of aliphatic hydroxyl groups is 1. The Hall–Kier alpha value is -0.380. The molecule has 0 spiro atoms. The number of rotatable bonds is 7. The van der Waals surface area contributed by atoms with E-state index in [2.05, 4.69) is 60.2 Å². The summed E-state index contributed by atoms with van der Waals surface area (Å²) in [5, 5.41) is 12.7. The first-order chi connectivity index (χ1) is 8.54. The van der Waals surface area contributed by atoms with Gasteiger partial charge in [-0.15, -0.1) is 0 Å². The van der Waals surface area contributed by atoms with Gasteiger partial charge >= 0.3 is 0 Å². The molecule has 0 aliphatic heterocycles. The second kappa shape index (κ2) is 7.93. The molecule has 2 nitrogen and oxygen atoms in total. The van der Waals surface area contributed by atoms with E-state index in [0.717, 1.165) is 24.0 Å². The molecule has 0 saturated heterocycles. The summed E-state index contributed by atoms with van der Waals surface area (Å²) in [6.45, 7) is 8.57. The Morgan fingerprint density at radius 1 is 1.33 bits per heavy atom. The molecule has 0 saturated carbocycles. The Morgan fingerprint density at radius 3 is 2.67 bits per heavy atom. The number of hydrogen-bond acceptors (Lipinski definition) is 2. The second-order valence-electron chi connectivity index (χ2n) is 5.21. The fourth-order valence-corrected chi connectivity index (χ4v) is 2.34. The van der Waals surface area contributed by atoms with Crippen molar-refractivity contribution in [3.63, 3.8) is 0 Å². The molecule has 0 fully saturated rings. The van der Waals surface area contributed by atoms with E-state index in [9.17, 15) is 5.11 Å². The first kappa shape index (κ1) is 15.7. The minimum atomic E-state index is 0.264. The number of halogens is 1. The van der Waals surface area contributed by atoms with Crippen molar-refractivity contribution >= 4 is 15.9 Å². The fraction of sp³-hybridized carbons (Fsp3) is 0.600. The Bertz CT molecular complexity index is 366. The molecule has 1 atom stereocenters. The van der Waals surface area contributed by atoms with Crippen LogP contribution in [-0.4, -0.2) is 24.8 Å². The minimum absolute atomic E-state index is 0.264. The summed E-state index contributed by atoms with van der Waals surface area (Å²) >= 11 is 3.51. The lowest BCUT2D eigenvalue weighted by Gasteiger charge is -2.18. The summed E-state index contributed by atoms with van der Waals surface area (Å²) in [7, 11) is 0. The maximum absolute atomic E-state index is 9.25. The number of nitrogens with one attached hydrogen (secondary N) is 1. The molecule has 102 valence electrons. The Labute approximate surface area is 119 Å². The topological polar surface area (TPSA) is 32.3 Å². The zero-order valence-electron chi connectivity index (χ0n) is 11.5. The summed E-state index contributed by atoms with van der Waals surface area (Å²) in [5.74, 6) is 0.878. The summed E-state index contributed by atoms with van der Waals surface area (Å²) < 4.78 is 1.14. The lowest BCUT2D eigenvalue weighted by atomic mass is 9.97. The maximum Gasteiger partial charge on any atom is 0.0473 e. The third kappa shape index (κ3) is 5.09. The molecule has 2 N–H and O–H groups in total. The van der Waals surface area contributed by atoms with Crippen molar-refractivity contribution in [3.05, 3.63) is 33.8 Å². The SMILES string of the molecule is Cc1ccc(Br)cc1CCNCC(CO)C(C)C. The van der Waals surface area contributed by atoms with Gasteiger partial charge in [0.05, 0.1) is 0 Å². The molecule has 18 heavy (non-hydrogen) atoms. The first-order valence-corrected chi connectivity index (χ1v) is 7.40. The van der Waals surface area contributed by atoms with Crippen LogP contribution < -0.4 is 5.32 Å². The first-order valence-electron chi connectivity index (χ1n) is 6.61. The van der Waals surface area contributed by atoms with Gasteiger partial charge in [0.15, 0.2) is 0 Å². The maximum atomic E-state index is 9.25. The van der Waals surface area contributed by atoms with Crippen LogP contribution in [0.15, 0.2) is 22.7 Å². The number of aryl methyl sites for hydroxylation is 1. The van der Waals surface area contributed by atoms with E-state index in [0.29, 0.717) is 11.8 Å². The molecule has 1 rings (SSSR count). The van der Waals surface area contributed by atoms with E-state index >= 15 is 0 Å². The van der Waals surface area contributed by atoms with E-state index < -0.39 is 0 Å². The molecule has 0 amide bonds. The molecule has 3 heteroatoms. The van der Waals surface area contributed by atoms with Crippen molar-refractivity contribution in [2.45, 2.75) is 27.2 Å². The Balaban J connectivity index is 2.35. The van der Waals surface area contributed by atoms with Crippen LogP contribution >= 0.6 is 15.9 Å². The number of benzene rings is 1. The van der Waals surface area contributed by atoms with Crippen LogP contribution in [0.5, 0.6) is 0 Å². The molecule has 0 heterocycles. The highest BCUT2D eigenvalue weighted by molar-refractivity contribution is 9.10. The van der Waals surface area contributed by atoms with E-state index in [1.807, 2.05) is 0 Å². The van der Waals surface area contributed by atoms with Crippen molar-refractivity contribution in [2.24, 2.45) is 11.8 Å². The van der Waals surface area contributed by atoms with E-state index in [1.165, 1.54) is 11.1 Å². The van der Waals surface area contributed by atoms with Crippen LogP contribution in [0.2, 0.25) is 0 Å². The van der Waals surface area contributed by atoms with Gasteiger partial charge in [-0.25, -0.2) is 0 Å². The molecule has 0 radical (unpaired) electrons. The zero-order chi connectivity index (χ0) is 13.5. The second-order valence-corrected chi connectivity index (χ2v) is 6.13. The van der Waals surface area contributed by atoms with Crippen molar-refractivity contribution in [2.75, 3.05) is 19.7 Å². The Morgan fingerprint density at radius 2 is 2.06 bits per heavy atom. The molecule has 1 aromatic rings. The van der Waals surface area contributed by atoms with Gasteiger partial charge in [-0.2, -0.15) is 0 Å². The monoisotopic (exact) mass is 313 g/mol. The summed E-state index contributed by atoms with van der Waals surface area (Å²) in [6, 6.07) is 6.40. The molecule has 0 aliphatic carbocycles. The smallest absolute Gasteiger partial charge is 0.0473 e. The third-order valence-corrected chi connectivity index (χ3v) is 3.96. The van der Waals surface area contributed by atoms with Gasteiger partial charge in [-0.1, -0.05) is 35.8 Å². The average molecular weight is 314 g/mol. The van der Waals surface area contributed by atoms with E-state index in [1.54, 1.807) is 0 Å². The van der Waals surface area contributed by atoms with Crippen LogP contribution in [0.25, 0.3) is 0 Å². The summed E-state index contributed by atoms with van der Waals surface area (Å²) in [6.07, 6.45) is 1.03. The third-order valence-electron chi connectivity index (χ3n) is 3.47. The summed E-state index contributed by atoms with van der Waals surface area (Å²) in [5.41, 5.74) is 2.71. The van der Waals surface area contributed by atoms with Crippen LogP contribution in [0.3, 0.4) is 0 Å². The van der Waals surface area contributed by atoms with Gasteiger partial charge in [0, 0.05) is 17.6 Å². The summed E-state index contributed by atoms with van der Waals surface area (Å²) in [4.78, 5) is 0. The highest BCUT2D eigenvalue weighted by Gasteiger charge is 2.11. The predicted octanol–water partition coefficient (Wildman–Crippen LogP) is 3.15. The molecule has 1 unspecified atom stereocenters. The lowest BCUT2D eigenvalue weighted by molar-refractivity contribution is 0.186. The van der Waals surface area contributed by atoms with Crippen LogP contribution in [0, 0.1) is 18.8 Å². The highest BCUT2D eigenvalue weighted by Crippen LogP contribution is 2.16. The molecule has 0 aliphatic rings. The van der Waals surface area contributed by atoms with Gasteiger partial charge in [0.2, 0.25) is 0 Å². The molecular weight excluding hydrogens is 290 g/mol. The standard InChI is InChI=1S/C15H24BrNO/c1-11(2)14(10-18)9-17-7-6-13-8-15(16)5-4-12(13)3/h4-5,8,11,14,17-18H,6-7,9-10H2,1-3H3. The molecule has 0 aromatic heterocycles. The van der Waals surface area contributed by atoms with Crippen LogP contribution in [0.4, 0.5) is 0 Å². The number of hydrogen-bond donors (Lipinski definition) is 2. The van der Waals surface area contributed by atoms with Crippen molar-refractivity contribution < 1.29 is 5.11 Å². The Kier molecular flexibility index (Phi) is 6.90. The zero-order valence-corrected chi connectivity index (χ0v) is 13.1. The fourth-order valence-electron chi connectivity index (χ4n) is 1.93. The van der Waals surface area contributed by atoms with E-state index in [4.69, 9.17) is 0 Å². The van der Waals surface area contributed by atoms with Gasteiger partial charge in [0.25, 0.3) is 0 Å². The van der Waals surface area contributed by atoms with Crippen molar-refractivity contribution in [1.82, 2.24) is 5.32 Å². The average Bonchev–Trinajstić information content (AvgIpc) is 2.33. The normalized spacial score (nSPS) is 13.0. The van der Waals surface area contributed by atoms with Gasteiger partial charge in [0.1, 0.15) is 0 Å². The predicted molar refractivity (Wildman–Crippen MR) is 80.9 cm³/mol. The quantitative estimate of drug-likeness (QED) is 0.758. The van der Waals surface area contributed by atoms with E-state index in [-0.39, 0.29) is 6.61 Å². The largest absolute Gasteiger partial charge is 0.396 e. The van der Waals surface area contributed by atoms with Gasteiger partial charge in [-0.3, -0.25) is 0 Å². The van der Waals surface area contributed by atoms with Crippen molar-refractivity contribution in [1.29, 1.82) is 0 Å². The van der Waals surface area contributed by atoms with Crippen LogP contribution in [0.1, 0.15) is 25.0 Å². The molecule has 1 aromatic carbocycles. The number of aliphatic hydroxyl groups excluding tert-OH is 1. The minimum Gasteiger partial charge on any atom is -0.396 e. The molecular formula is C15H24BrNO. The molecule has 0 bridgehead atoms. The van der Waals surface area contributed by atoms with Crippen LogP contribution in [-0.2, 0) is 6.42 Å².